The number of hydrogen-bond donors (Lipinski definition) is 1. The largest absolute Gasteiger partial charge is 0.396 e. The quantitative estimate of drug-likeness (QED) is 0.834. The minimum atomic E-state index is -0.0635. The van der Waals surface area contributed by atoms with Crippen LogP contribution < -0.4 is 0 Å². The van der Waals surface area contributed by atoms with Crippen LogP contribution in [0.4, 0.5) is 0 Å². The molecule has 0 saturated carbocycles. The van der Waals surface area contributed by atoms with Gasteiger partial charge in [-0.05, 0) is 19.8 Å². The normalized spacial score (nSPS) is 29.8. The average molecular weight is 224 g/mol. The lowest BCUT2D eigenvalue weighted by Gasteiger charge is -2.29. The van der Waals surface area contributed by atoms with Crippen molar-refractivity contribution in [2.75, 3.05) is 13.2 Å². The van der Waals surface area contributed by atoms with Crippen molar-refractivity contribution >= 4 is 0 Å². The Morgan fingerprint density at radius 2 is 2.50 bits per heavy atom. The van der Waals surface area contributed by atoms with E-state index in [0.717, 1.165) is 31.7 Å². The maximum Gasteiger partial charge on any atom is 0.108 e. The summed E-state index contributed by atoms with van der Waals surface area (Å²) in [6, 6.07) is 0. The Kier molecular flexibility index (Phi) is 3.30. The number of aryl methyl sites for hydroxylation is 2. The summed E-state index contributed by atoms with van der Waals surface area (Å²) in [6.07, 6.45) is 6.71. The number of ether oxygens (including phenoxy) is 1. The van der Waals surface area contributed by atoms with E-state index in [0.29, 0.717) is 0 Å². The third kappa shape index (κ3) is 1.99. The monoisotopic (exact) mass is 224 g/mol. The fraction of sp³-hybridized carbons (Fsp3) is 0.750. The Morgan fingerprint density at radius 1 is 1.69 bits per heavy atom. The predicted molar refractivity (Wildman–Crippen MR) is 61.1 cm³/mol. The highest BCUT2D eigenvalue weighted by atomic mass is 16.5. The van der Waals surface area contributed by atoms with Crippen LogP contribution in [0.2, 0.25) is 0 Å². The van der Waals surface area contributed by atoms with E-state index in [1.807, 2.05) is 24.0 Å². The maximum atomic E-state index is 9.58. The summed E-state index contributed by atoms with van der Waals surface area (Å²) in [5.41, 5.74) is -0.0635. The molecule has 1 saturated heterocycles. The van der Waals surface area contributed by atoms with Gasteiger partial charge in [0.05, 0.1) is 12.7 Å². The van der Waals surface area contributed by atoms with E-state index in [2.05, 4.69) is 11.9 Å². The lowest BCUT2D eigenvalue weighted by molar-refractivity contribution is 0.0216. The number of hydrogen-bond acceptors (Lipinski definition) is 3. The van der Waals surface area contributed by atoms with Crippen molar-refractivity contribution in [3.05, 3.63) is 18.2 Å². The van der Waals surface area contributed by atoms with E-state index in [1.165, 1.54) is 0 Å². The molecule has 2 heterocycles. The molecular formula is C12H20N2O2. The summed E-state index contributed by atoms with van der Waals surface area (Å²) in [7, 11) is 2.00. The van der Waals surface area contributed by atoms with Crippen molar-refractivity contribution in [2.24, 2.45) is 12.5 Å². The van der Waals surface area contributed by atoms with Gasteiger partial charge < -0.3 is 14.4 Å². The molecule has 16 heavy (non-hydrogen) atoms. The van der Waals surface area contributed by atoms with E-state index < -0.39 is 0 Å². The van der Waals surface area contributed by atoms with Crippen LogP contribution in [-0.2, 0) is 18.2 Å². The second kappa shape index (κ2) is 4.55. The van der Waals surface area contributed by atoms with Crippen LogP contribution in [0.15, 0.2) is 12.4 Å². The Labute approximate surface area is 96.3 Å². The van der Waals surface area contributed by atoms with Crippen LogP contribution in [0.5, 0.6) is 0 Å². The molecule has 2 unspecified atom stereocenters. The van der Waals surface area contributed by atoms with Gasteiger partial charge in [-0.3, -0.25) is 0 Å². The highest BCUT2D eigenvalue weighted by Crippen LogP contribution is 2.38. The van der Waals surface area contributed by atoms with E-state index in [4.69, 9.17) is 4.74 Å². The molecule has 2 atom stereocenters. The molecule has 0 aromatic carbocycles. The minimum absolute atomic E-state index is 0.0635. The lowest BCUT2D eigenvalue weighted by atomic mass is 9.78. The van der Waals surface area contributed by atoms with Crippen molar-refractivity contribution in [1.29, 1.82) is 0 Å². The molecule has 90 valence electrons. The summed E-state index contributed by atoms with van der Waals surface area (Å²) in [5.74, 6) is 1.08. The van der Waals surface area contributed by atoms with E-state index >= 15 is 0 Å². The molecule has 0 spiro atoms. The number of aromatic nitrogens is 2. The Bertz CT molecular complexity index is 351. The molecular weight excluding hydrogens is 204 g/mol. The highest BCUT2D eigenvalue weighted by Gasteiger charge is 2.40. The molecule has 4 nitrogen and oxygen atoms in total. The molecule has 4 heteroatoms. The summed E-state index contributed by atoms with van der Waals surface area (Å²) >= 11 is 0. The average Bonchev–Trinajstić information content (AvgIpc) is 2.84. The van der Waals surface area contributed by atoms with E-state index in [-0.39, 0.29) is 18.1 Å². The van der Waals surface area contributed by atoms with Crippen LogP contribution in [0.25, 0.3) is 0 Å². The van der Waals surface area contributed by atoms with Gasteiger partial charge in [0.2, 0.25) is 0 Å². The third-order valence-corrected chi connectivity index (χ3v) is 3.91. The molecule has 1 fully saturated rings. The topological polar surface area (TPSA) is 47.3 Å². The number of rotatable bonds is 4. The van der Waals surface area contributed by atoms with E-state index in [1.54, 1.807) is 0 Å². The third-order valence-electron chi connectivity index (χ3n) is 3.91. The Balaban J connectivity index is 2.00. The van der Waals surface area contributed by atoms with Gasteiger partial charge in [0, 0.05) is 37.9 Å². The van der Waals surface area contributed by atoms with Crippen molar-refractivity contribution in [3.8, 4) is 0 Å². The summed E-state index contributed by atoms with van der Waals surface area (Å²) in [6.45, 7) is 3.03. The lowest BCUT2D eigenvalue weighted by Crippen LogP contribution is -2.33. The zero-order chi connectivity index (χ0) is 11.6. The van der Waals surface area contributed by atoms with Crippen LogP contribution in [-0.4, -0.2) is 34.0 Å². The SMILES string of the molecule is CC1OCCC1(CO)CCc1nccn1C. The van der Waals surface area contributed by atoms with Crippen LogP contribution >= 0.6 is 0 Å². The van der Waals surface area contributed by atoms with Gasteiger partial charge in [0.15, 0.2) is 0 Å². The first-order valence-corrected chi connectivity index (χ1v) is 5.87. The molecule has 1 aromatic heterocycles. The van der Waals surface area contributed by atoms with Gasteiger partial charge in [-0.15, -0.1) is 0 Å². The van der Waals surface area contributed by atoms with Gasteiger partial charge >= 0.3 is 0 Å². The van der Waals surface area contributed by atoms with Crippen molar-refractivity contribution < 1.29 is 9.84 Å². The van der Waals surface area contributed by atoms with Crippen molar-refractivity contribution in [2.45, 2.75) is 32.3 Å². The van der Waals surface area contributed by atoms with Crippen LogP contribution in [0.1, 0.15) is 25.6 Å². The van der Waals surface area contributed by atoms with Gasteiger partial charge in [-0.1, -0.05) is 0 Å². The second-order valence-corrected chi connectivity index (χ2v) is 4.74. The van der Waals surface area contributed by atoms with Gasteiger partial charge in [0.1, 0.15) is 5.82 Å². The minimum Gasteiger partial charge on any atom is -0.396 e. The number of aliphatic hydroxyl groups is 1. The molecule has 1 aliphatic heterocycles. The highest BCUT2D eigenvalue weighted by molar-refractivity contribution is 4.96. The number of imidazole rings is 1. The first kappa shape index (κ1) is 11.6. The first-order valence-electron chi connectivity index (χ1n) is 5.87. The second-order valence-electron chi connectivity index (χ2n) is 4.74. The molecule has 0 bridgehead atoms. The van der Waals surface area contributed by atoms with Gasteiger partial charge in [0.25, 0.3) is 0 Å². The molecule has 1 aromatic rings. The van der Waals surface area contributed by atoms with Crippen molar-refractivity contribution in [1.82, 2.24) is 9.55 Å². The molecule has 0 aliphatic carbocycles. The number of nitrogens with zero attached hydrogens (tertiary/aromatic N) is 2. The number of aliphatic hydroxyl groups excluding tert-OH is 1. The summed E-state index contributed by atoms with van der Waals surface area (Å²) in [4.78, 5) is 4.31. The zero-order valence-corrected chi connectivity index (χ0v) is 10.0. The first-order chi connectivity index (χ1) is 7.68. The fourth-order valence-corrected chi connectivity index (χ4v) is 2.43. The van der Waals surface area contributed by atoms with Crippen LogP contribution in [0, 0.1) is 5.41 Å². The summed E-state index contributed by atoms with van der Waals surface area (Å²) in [5, 5.41) is 9.58. The molecule has 2 rings (SSSR count). The zero-order valence-electron chi connectivity index (χ0n) is 10.0. The molecule has 0 radical (unpaired) electrons. The standard InChI is InChI=1S/C12H20N2O2/c1-10-12(9-15,5-8-16-10)4-3-11-13-6-7-14(11)2/h6-7,10,15H,3-5,8-9H2,1-2H3. The van der Waals surface area contributed by atoms with Gasteiger partial charge in [-0.2, -0.15) is 0 Å². The predicted octanol–water partition coefficient (Wildman–Crippen LogP) is 1.14. The Hall–Kier alpha value is -0.870. The molecule has 1 N–H and O–H groups in total. The van der Waals surface area contributed by atoms with Crippen LogP contribution in [0.3, 0.4) is 0 Å². The summed E-state index contributed by atoms with van der Waals surface area (Å²) < 4.78 is 7.61. The smallest absolute Gasteiger partial charge is 0.108 e. The van der Waals surface area contributed by atoms with E-state index in [9.17, 15) is 5.11 Å². The van der Waals surface area contributed by atoms with Crippen molar-refractivity contribution in [3.63, 3.8) is 0 Å². The Morgan fingerprint density at radius 3 is 3.00 bits per heavy atom. The maximum absolute atomic E-state index is 9.58. The molecule has 0 amide bonds. The fourth-order valence-electron chi connectivity index (χ4n) is 2.43. The molecule has 1 aliphatic rings. The van der Waals surface area contributed by atoms with Gasteiger partial charge in [-0.25, -0.2) is 4.98 Å².